The summed E-state index contributed by atoms with van der Waals surface area (Å²) in [5.74, 6) is 0.637. The van der Waals surface area contributed by atoms with E-state index in [4.69, 9.17) is 11.1 Å². The summed E-state index contributed by atoms with van der Waals surface area (Å²) in [6.07, 6.45) is 0. The van der Waals surface area contributed by atoms with Crippen molar-refractivity contribution in [1.82, 2.24) is 9.97 Å². The Kier molecular flexibility index (Phi) is 3.46. The Balaban J connectivity index is 2.49. The molecule has 1 aromatic carbocycles. The van der Waals surface area contributed by atoms with Gasteiger partial charge in [0.25, 0.3) is 0 Å². The number of nitrogens with two attached hydrogens (primary N) is 1. The molecule has 0 spiro atoms. The maximum absolute atomic E-state index is 7.63. The second-order valence-electron chi connectivity index (χ2n) is 4.44. The minimum Gasteiger partial charge on any atom is -0.384 e. The van der Waals surface area contributed by atoms with Crippen LogP contribution in [0.5, 0.6) is 0 Å². The fourth-order valence-corrected chi connectivity index (χ4v) is 1.96. The number of hydrogen-bond acceptors (Lipinski definition) is 4. The van der Waals surface area contributed by atoms with E-state index in [1.165, 1.54) is 0 Å². The number of aromatic nitrogens is 2. The summed E-state index contributed by atoms with van der Waals surface area (Å²) in [6.45, 7) is 3.87. The summed E-state index contributed by atoms with van der Waals surface area (Å²) < 4.78 is 0. The van der Waals surface area contributed by atoms with Gasteiger partial charge in [0.15, 0.2) is 0 Å². The van der Waals surface area contributed by atoms with E-state index in [-0.39, 0.29) is 5.84 Å². The predicted octanol–water partition coefficient (Wildman–Crippen LogP) is 2.15. The Bertz CT molecular complexity index is 601. The number of benzene rings is 1. The summed E-state index contributed by atoms with van der Waals surface area (Å²) in [7, 11) is 1.87. The lowest BCUT2D eigenvalue weighted by atomic mass is 10.1. The van der Waals surface area contributed by atoms with E-state index in [2.05, 4.69) is 9.97 Å². The summed E-state index contributed by atoms with van der Waals surface area (Å²) in [6, 6.07) is 9.40. The second kappa shape index (κ2) is 5.06. The van der Waals surface area contributed by atoms with Crippen LogP contribution in [0.25, 0.3) is 0 Å². The molecule has 0 unspecified atom stereocenters. The van der Waals surface area contributed by atoms with Crippen molar-refractivity contribution in [2.75, 3.05) is 11.9 Å². The molecule has 0 aliphatic heterocycles. The largest absolute Gasteiger partial charge is 0.384 e. The van der Waals surface area contributed by atoms with Gasteiger partial charge in [-0.05, 0) is 32.0 Å². The Morgan fingerprint density at radius 3 is 2.32 bits per heavy atom. The highest BCUT2D eigenvalue weighted by atomic mass is 15.2. The minimum absolute atomic E-state index is 0.0341. The molecule has 0 radical (unpaired) electrons. The molecule has 0 fully saturated rings. The Hall–Kier alpha value is -2.43. The van der Waals surface area contributed by atoms with Crippen LogP contribution < -0.4 is 10.6 Å². The minimum atomic E-state index is 0.0341. The van der Waals surface area contributed by atoms with Crippen LogP contribution in [0, 0.1) is 19.3 Å². The fraction of sp³-hybridized carbons (Fsp3) is 0.214. The van der Waals surface area contributed by atoms with Gasteiger partial charge in [-0.1, -0.05) is 12.1 Å². The average molecular weight is 255 g/mol. The fourth-order valence-electron chi connectivity index (χ4n) is 1.96. The molecule has 2 aromatic rings. The smallest absolute Gasteiger partial charge is 0.230 e. The number of para-hydroxylation sites is 1. The maximum Gasteiger partial charge on any atom is 0.230 e. The van der Waals surface area contributed by atoms with Gasteiger partial charge in [-0.3, -0.25) is 5.41 Å². The molecular formula is C14H17N5. The topological polar surface area (TPSA) is 78.9 Å². The zero-order chi connectivity index (χ0) is 14.0. The third-order valence-electron chi connectivity index (χ3n) is 2.83. The molecular weight excluding hydrogens is 238 g/mol. The van der Waals surface area contributed by atoms with Gasteiger partial charge >= 0.3 is 0 Å². The summed E-state index contributed by atoms with van der Waals surface area (Å²) in [5, 5.41) is 7.63. The molecule has 2 rings (SSSR count). The SMILES string of the molecule is Cc1cc(C)nc(N(C)c2ccccc2C(=N)N)n1. The lowest BCUT2D eigenvalue weighted by molar-refractivity contribution is 0.985. The van der Waals surface area contributed by atoms with Crippen molar-refractivity contribution in [3.05, 3.63) is 47.3 Å². The van der Waals surface area contributed by atoms with Crippen LogP contribution in [0.15, 0.2) is 30.3 Å². The first-order chi connectivity index (χ1) is 8.99. The van der Waals surface area contributed by atoms with Gasteiger partial charge in [0.1, 0.15) is 5.84 Å². The van der Waals surface area contributed by atoms with Crippen molar-refractivity contribution < 1.29 is 0 Å². The standard InChI is InChI=1S/C14H17N5/c1-9-8-10(2)18-14(17-9)19(3)12-7-5-4-6-11(12)13(15)16/h4-8H,1-3H3,(H3,15,16). The van der Waals surface area contributed by atoms with Crippen LogP contribution in [-0.2, 0) is 0 Å². The van der Waals surface area contributed by atoms with Crippen LogP contribution in [-0.4, -0.2) is 22.9 Å². The molecule has 0 aliphatic rings. The monoisotopic (exact) mass is 255 g/mol. The first-order valence-corrected chi connectivity index (χ1v) is 5.98. The maximum atomic E-state index is 7.63. The number of rotatable bonds is 3. The van der Waals surface area contributed by atoms with E-state index >= 15 is 0 Å². The van der Waals surface area contributed by atoms with Crippen LogP contribution in [0.3, 0.4) is 0 Å². The number of anilines is 2. The zero-order valence-corrected chi connectivity index (χ0v) is 11.3. The molecule has 3 N–H and O–H groups in total. The summed E-state index contributed by atoms with van der Waals surface area (Å²) in [4.78, 5) is 10.7. The molecule has 5 nitrogen and oxygen atoms in total. The molecule has 5 heteroatoms. The highest BCUT2D eigenvalue weighted by Gasteiger charge is 2.13. The van der Waals surface area contributed by atoms with Gasteiger partial charge in [0.2, 0.25) is 5.95 Å². The van der Waals surface area contributed by atoms with Gasteiger partial charge in [0.05, 0.1) is 5.69 Å². The van der Waals surface area contributed by atoms with E-state index in [9.17, 15) is 0 Å². The zero-order valence-electron chi connectivity index (χ0n) is 11.3. The molecule has 0 atom stereocenters. The first-order valence-electron chi connectivity index (χ1n) is 5.98. The van der Waals surface area contributed by atoms with Crippen molar-refractivity contribution in [3.63, 3.8) is 0 Å². The Morgan fingerprint density at radius 1 is 1.16 bits per heavy atom. The molecule has 19 heavy (non-hydrogen) atoms. The molecule has 0 saturated heterocycles. The van der Waals surface area contributed by atoms with Crippen LogP contribution in [0.4, 0.5) is 11.6 Å². The Labute approximate surface area is 112 Å². The third kappa shape index (κ3) is 2.70. The molecule has 0 aliphatic carbocycles. The van der Waals surface area contributed by atoms with E-state index in [0.717, 1.165) is 17.1 Å². The molecule has 0 saturated carbocycles. The van der Waals surface area contributed by atoms with Gasteiger partial charge in [-0.2, -0.15) is 0 Å². The molecule has 0 bridgehead atoms. The predicted molar refractivity (Wildman–Crippen MR) is 77.0 cm³/mol. The highest BCUT2D eigenvalue weighted by Crippen LogP contribution is 2.24. The van der Waals surface area contributed by atoms with Crippen molar-refractivity contribution in [2.24, 2.45) is 5.73 Å². The summed E-state index contributed by atoms with van der Waals surface area (Å²) in [5.41, 5.74) is 8.92. The average Bonchev–Trinajstić information content (AvgIpc) is 2.36. The highest BCUT2D eigenvalue weighted by molar-refractivity contribution is 6.00. The van der Waals surface area contributed by atoms with E-state index in [0.29, 0.717) is 11.5 Å². The van der Waals surface area contributed by atoms with Crippen molar-refractivity contribution in [3.8, 4) is 0 Å². The van der Waals surface area contributed by atoms with Crippen molar-refractivity contribution in [2.45, 2.75) is 13.8 Å². The lowest BCUT2D eigenvalue weighted by Crippen LogP contribution is -2.20. The number of amidine groups is 1. The van der Waals surface area contributed by atoms with E-state index in [1.54, 1.807) is 0 Å². The number of hydrogen-bond donors (Lipinski definition) is 2. The molecule has 98 valence electrons. The molecule has 0 amide bonds. The van der Waals surface area contributed by atoms with Crippen molar-refractivity contribution >= 4 is 17.5 Å². The normalized spacial score (nSPS) is 10.3. The van der Waals surface area contributed by atoms with Crippen LogP contribution >= 0.6 is 0 Å². The molecule has 1 aromatic heterocycles. The lowest BCUT2D eigenvalue weighted by Gasteiger charge is -2.20. The quantitative estimate of drug-likeness (QED) is 0.650. The van der Waals surface area contributed by atoms with E-state index < -0.39 is 0 Å². The third-order valence-corrected chi connectivity index (χ3v) is 2.83. The number of nitrogens with one attached hydrogen (secondary N) is 1. The second-order valence-corrected chi connectivity index (χ2v) is 4.44. The van der Waals surface area contributed by atoms with Crippen molar-refractivity contribution in [1.29, 1.82) is 5.41 Å². The van der Waals surface area contributed by atoms with Gasteiger partial charge in [-0.25, -0.2) is 9.97 Å². The van der Waals surface area contributed by atoms with Gasteiger partial charge in [0, 0.05) is 24.0 Å². The number of nitrogen functional groups attached to an aromatic ring is 1. The number of nitrogens with zero attached hydrogens (tertiary/aromatic N) is 3. The first kappa shape index (κ1) is 13.0. The van der Waals surface area contributed by atoms with E-state index in [1.807, 2.05) is 56.1 Å². The molecule has 1 heterocycles. The van der Waals surface area contributed by atoms with Crippen LogP contribution in [0.1, 0.15) is 17.0 Å². The Morgan fingerprint density at radius 2 is 1.74 bits per heavy atom. The van der Waals surface area contributed by atoms with Crippen LogP contribution in [0.2, 0.25) is 0 Å². The summed E-state index contributed by atoms with van der Waals surface area (Å²) >= 11 is 0. The van der Waals surface area contributed by atoms with Gasteiger partial charge in [-0.15, -0.1) is 0 Å². The number of aryl methyl sites for hydroxylation is 2. The van der Waals surface area contributed by atoms with Gasteiger partial charge < -0.3 is 10.6 Å².